The second kappa shape index (κ2) is 3.76. The SMILES string of the molecule is CN1CC(c2ccccc2)C(S)C12COC2. The van der Waals surface area contributed by atoms with E-state index in [1.165, 1.54) is 5.56 Å². The number of nitrogens with zero attached hydrogens (tertiary/aromatic N) is 1. The van der Waals surface area contributed by atoms with Crippen molar-refractivity contribution in [2.75, 3.05) is 26.8 Å². The van der Waals surface area contributed by atoms with Crippen molar-refractivity contribution in [3.63, 3.8) is 0 Å². The molecular formula is C13H17NOS. The van der Waals surface area contributed by atoms with Gasteiger partial charge in [0.05, 0.1) is 18.8 Å². The minimum absolute atomic E-state index is 0.184. The zero-order valence-electron chi connectivity index (χ0n) is 9.47. The maximum Gasteiger partial charge on any atom is 0.0800 e. The number of hydrogen-bond donors (Lipinski definition) is 1. The number of benzene rings is 1. The second-order valence-corrected chi connectivity index (χ2v) is 5.50. The molecule has 16 heavy (non-hydrogen) atoms. The normalized spacial score (nSPS) is 32.9. The zero-order chi connectivity index (χ0) is 11.2. The molecule has 1 aromatic rings. The van der Waals surface area contributed by atoms with E-state index in [1.54, 1.807) is 0 Å². The predicted octanol–water partition coefficient (Wildman–Crippen LogP) is 1.78. The monoisotopic (exact) mass is 235 g/mol. The van der Waals surface area contributed by atoms with E-state index in [1.807, 2.05) is 0 Å². The Bertz CT molecular complexity index is 377. The highest BCUT2D eigenvalue weighted by Gasteiger charge is 2.55. The average Bonchev–Trinajstić information content (AvgIpc) is 2.51. The summed E-state index contributed by atoms with van der Waals surface area (Å²) in [5.41, 5.74) is 1.59. The first-order chi connectivity index (χ1) is 7.74. The van der Waals surface area contributed by atoms with Gasteiger partial charge in [0.2, 0.25) is 0 Å². The molecule has 2 fully saturated rings. The van der Waals surface area contributed by atoms with Gasteiger partial charge in [-0.25, -0.2) is 0 Å². The summed E-state index contributed by atoms with van der Waals surface area (Å²) < 4.78 is 5.39. The van der Waals surface area contributed by atoms with Crippen LogP contribution < -0.4 is 0 Å². The van der Waals surface area contributed by atoms with Crippen LogP contribution in [0.2, 0.25) is 0 Å². The molecule has 1 aromatic carbocycles. The predicted molar refractivity (Wildman–Crippen MR) is 68.1 cm³/mol. The summed E-state index contributed by atoms with van der Waals surface area (Å²) in [6.45, 7) is 2.75. The largest absolute Gasteiger partial charge is 0.377 e. The summed E-state index contributed by atoms with van der Waals surface area (Å²) in [4.78, 5) is 2.42. The van der Waals surface area contributed by atoms with Gasteiger partial charge in [-0.15, -0.1) is 0 Å². The van der Waals surface area contributed by atoms with E-state index >= 15 is 0 Å². The Morgan fingerprint density at radius 1 is 1.31 bits per heavy atom. The number of hydrogen-bond acceptors (Lipinski definition) is 3. The first kappa shape index (κ1) is 10.6. The van der Waals surface area contributed by atoms with Gasteiger partial charge in [0.15, 0.2) is 0 Å². The van der Waals surface area contributed by atoms with Crippen LogP contribution in [0.5, 0.6) is 0 Å². The molecule has 0 amide bonds. The van der Waals surface area contributed by atoms with Crippen LogP contribution in [0.1, 0.15) is 11.5 Å². The molecule has 0 bridgehead atoms. The van der Waals surface area contributed by atoms with Crippen molar-refractivity contribution >= 4 is 12.6 Å². The fraction of sp³-hybridized carbons (Fsp3) is 0.538. The quantitative estimate of drug-likeness (QED) is 0.745. The summed E-state index contributed by atoms with van der Waals surface area (Å²) in [5.74, 6) is 0.526. The highest BCUT2D eigenvalue weighted by Crippen LogP contribution is 2.45. The van der Waals surface area contributed by atoms with Crippen molar-refractivity contribution in [1.82, 2.24) is 4.90 Å². The molecule has 2 aliphatic rings. The lowest BCUT2D eigenvalue weighted by molar-refractivity contribution is -0.112. The number of ether oxygens (including phenoxy) is 1. The molecule has 2 nitrogen and oxygen atoms in total. The van der Waals surface area contributed by atoms with E-state index in [0.29, 0.717) is 11.2 Å². The van der Waals surface area contributed by atoms with Crippen molar-refractivity contribution < 1.29 is 4.74 Å². The lowest BCUT2D eigenvalue weighted by Gasteiger charge is -2.46. The Balaban J connectivity index is 1.89. The fourth-order valence-corrected chi connectivity index (χ4v) is 3.48. The molecule has 3 heteroatoms. The smallest absolute Gasteiger partial charge is 0.0800 e. The molecule has 86 valence electrons. The van der Waals surface area contributed by atoms with Gasteiger partial charge in [-0.05, 0) is 12.6 Å². The number of thiol groups is 1. The Morgan fingerprint density at radius 2 is 2.00 bits per heavy atom. The topological polar surface area (TPSA) is 12.5 Å². The Labute approximate surface area is 102 Å². The molecular weight excluding hydrogens is 218 g/mol. The van der Waals surface area contributed by atoms with Crippen LogP contribution in [0.25, 0.3) is 0 Å². The highest BCUT2D eigenvalue weighted by molar-refractivity contribution is 7.81. The molecule has 3 rings (SSSR count). The van der Waals surface area contributed by atoms with Gasteiger partial charge in [0, 0.05) is 17.7 Å². The lowest BCUT2D eigenvalue weighted by atomic mass is 9.86. The van der Waals surface area contributed by atoms with Crippen LogP contribution in [0.3, 0.4) is 0 Å². The minimum Gasteiger partial charge on any atom is -0.377 e. The lowest BCUT2D eigenvalue weighted by Crippen LogP contribution is -2.62. The van der Waals surface area contributed by atoms with Crippen LogP contribution >= 0.6 is 12.6 Å². The molecule has 0 radical (unpaired) electrons. The second-order valence-electron chi connectivity index (χ2n) is 4.94. The van der Waals surface area contributed by atoms with Crippen molar-refractivity contribution in [3.8, 4) is 0 Å². The van der Waals surface area contributed by atoms with Gasteiger partial charge in [-0.1, -0.05) is 30.3 Å². The van der Waals surface area contributed by atoms with Crippen LogP contribution in [0.4, 0.5) is 0 Å². The molecule has 2 unspecified atom stereocenters. The van der Waals surface area contributed by atoms with Crippen molar-refractivity contribution in [2.45, 2.75) is 16.7 Å². The summed E-state index contributed by atoms with van der Waals surface area (Å²) in [6, 6.07) is 10.7. The summed E-state index contributed by atoms with van der Waals surface area (Å²) in [6.07, 6.45) is 0. The Hall–Kier alpha value is -0.510. The van der Waals surface area contributed by atoms with Gasteiger partial charge >= 0.3 is 0 Å². The third kappa shape index (κ3) is 1.35. The minimum atomic E-state index is 0.184. The van der Waals surface area contributed by atoms with Gasteiger partial charge in [0.1, 0.15) is 0 Å². The number of rotatable bonds is 1. The standard InChI is InChI=1S/C13H17NOS/c1-14-7-11(10-5-3-2-4-6-10)12(16)13(14)8-15-9-13/h2-6,11-12,16H,7-9H2,1H3. The molecule has 2 heterocycles. The molecule has 0 aromatic heterocycles. The zero-order valence-corrected chi connectivity index (χ0v) is 10.4. The van der Waals surface area contributed by atoms with Crippen LogP contribution in [-0.4, -0.2) is 42.5 Å². The van der Waals surface area contributed by atoms with Gasteiger partial charge < -0.3 is 4.74 Å². The highest BCUT2D eigenvalue weighted by atomic mass is 32.1. The van der Waals surface area contributed by atoms with Gasteiger partial charge in [-0.2, -0.15) is 12.6 Å². The Kier molecular flexibility index (Phi) is 2.50. The number of likely N-dealkylation sites (N-methyl/N-ethyl adjacent to an activating group) is 1. The molecule has 2 atom stereocenters. The number of likely N-dealkylation sites (tertiary alicyclic amines) is 1. The first-order valence-corrected chi connectivity index (χ1v) is 6.28. The summed E-state index contributed by atoms with van der Waals surface area (Å²) >= 11 is 4.85. The van der Waals surface area contributed by atoms with E-state index in [9.17, 15) is 0 Å². The van der Waals surface area contributed by atoms with Crippen LogP contribution in [0.15, 0.2) is 30.3 Å². The third-order valence-electron chi connectivity index (χ3n) is 4.09. The Morgan fingerprint density at radius 3 is 2.50 bits per heavy atom. The maximum absolute atomic E-state index is 5.39. The maximum atomic E-state index is 5.39. The van der Waals surface area contributed by atoms with Gasteiger partial charge in [0.25, 0.3) is 0 Å². The van der Waals surface area contributed by atoms with Crippen molar-refractivity contribution in [3.05, 3.63) is 35.9 Å². The molecule has 0 aliphatic carbocycles. The van der Waals surface area contributed by atoms with E-state index in [-0.39, 0.29) is 5.54 Å². The fourth-order valence-electron chi connectivity index (χ4n) is 2.87. The summed E-state index contributed by atoms with van der Waals surface area (Å²) in [7, 11) is 2.19. The van der Waals surface area contributed by atoms with Crippen LogP contribution in [-0.2, 0) is 4.74 Å². The van der Waals surface area contributed by atoms with E-state index in [2.05, 4.69) is 42.3 Å². The summed E-state index contributed by atoms with van der Waals surface area (Å²) in [5, 5.41) is 0.383. The van der Waals surface area contributed by atoms with E-state index in [4.69, 9.17) is 17.4 Å². The molecule has 2 saturated heterocycles. The molecule has 1 spiro atoms. The van der Waals surface area contributed by atoms with E-state index < -0.39 is 0 Å². The third-order valence-corrected chi connectivity index (χ3v) is 4.93. The van der Waals surface area contributed by atoms with Gasteiger partial charge in [-0.3, -0.25) is 4.90 Å². The molecule has 2 aliphatic heterocycles. The average molecular weight is 235 g/mol. The van der Waals surface area contributed by atoms with E-state index in [0.717, 1.165) is 19.8 Å². The first-order valence-electron chi connectivity index (χ1n) is 5.76. The molecule has 0 saturated carbocycles. The molecule has 0 N–H and O–H groups in total. The van der Waals surface area contributed by atoms with Crippen LogP contribution in [0, 0.1) is 0 Å². The van der Waals surface area contributed by atoms with Crippen molar-refractivity contribution in [2.24, 2.45) is 0 Å². The van der Waals surface area contributed by atoms with Crippen molar-refractivity contribution in [1.29, 1.82) is 0 Å².